The molecule has 0 aromatic heterocycles. The fraction of sp³-hybridized carbons (Fsp3) is 0.188. The summed E-state index contributed by atoms with van der Waals surface area (Å²) >= 11 is 6.01. The predicted molar refractivity (Wildman–Crippen MR) is 81.6 cm³/mol. The third-order valence-corrected chi connectivity index (χ3v) is 3.87. The largest absolute Gasteiger partial charge is 0.340 e. The molecule has 1 aliphatic heterocycles. The van der Waals surface area contributed by atoms with Gasteiger partial charge in [-0.2, -0.15) is 0 Å². The zero-order valence-electron chi connectivity index (χ0n) is 11.9. The first kappa shape index (κ1) is 15.7. The van der Waals surface area contributed by atoms with E-state index < -0.39 is 12.2 Å². The third kappa shape index (κ3) is 3.43. The first-order chi connectivity index (χ1) is 11.0. The molecule has 0 saturated heterocycles. The van der Waals surface area contributed by atoms with Crippen LogP contribution in [0.2, 0.25) is 5.02 Å². The summed E-state index contributed by atoms with van der Waals surface area (Å²) in [5.74, 6) is -0.462. The van der Waals surface area contributed by atoms with Crippen molar-refractivity contribution in [2.75, 3.05) is 0 Å². The normalized spacial score (nSPS) is 17.1. The van der Waals surface area contributed by atoms with Crippen LogP contribution in [0.4, 0.5) is 8.78 Å². The van der Waals surface area contributed by atoms with Crippen molar-refractivity contribution >= 4 is 17.4 Å². The van der Waals surface area contributed by atoms with Gasteiger partial charge in [-0.05, 0) is 29.8 Å². The second-order valence-electron chi connectivity index (χ2n) is 5.07. The summed E-state index contributed by atoms with van der Waals surface area (Å²) in [6.45, 7) is 0.242. The molecule has 1 N–H and O–H groups in total. The highest BCUT2D eigenvalue weighted by Gasteiger charge is 2.29. The highest BCUT2D eigenvalue weighted by atomic mass is 35.5. The van der Waals surface area contributed by atoms with Crippen molar-refractivity contribution in [3.05, 3.63) is 70.2 Å². The highest BCUT2D eigenvalue weighted by Crippen LogP contribution is 2.24. The molecule has 0 spiro atoms. The Kier molecular flexibility index (Phi) is 4.45. The fourth-order valence-corrected chi connectivity index (χ4v) is 2.52. The van der Waals surface area contributed by atoms with Crippen molar-refractivity contribution < 1.29 is 18.7 Å². The molecule has 0 saturated carbocycles. The summed E-state index contributed by atoms with van der Waals surface area (Å²) in [6.07, 6.45) is -1.20. The number of rotatable bonds is 4. The molecule has 0 radical (unpaired) electrons. The number of oxime groups is 1. The first-order valence-corrected chi connectivity index (χ1v) is 7.27. The van der Waals surface area contributed by atoms with E-state index in [4.69, 9.17) is 16.4 Å². The molecule has 4 nitrogen and oxygen atoms in total. The summed E-state index contributed by atoms with van der Waals surface area (Å²) in [6, 6.07) is 10.2. The molecule has 120 valence electrons. The standard InChI is InChI=1S/C16H13ClF2N2O2/c17-13-2-1-3-14(19)12(13)8-15-20-23-16(22)21(15)9-10-4-6-11(18)7-5-10/h1-7,16,22H,8-9H2. The quantitative estimate of drug-likeness (QED) is 0.930. The van der Waals surface area contributed by atoms with Crippen LogP contribution in [0.1, 0.15) is 11.1 Å². The van der Waals surface area contributed by atoms with Gasteiger partial charge in [0.2, 0.25) is 0 Å². The summed E-state index contributed by atoms with van der Waals surface area (Å²) in [5, 5.41) is 13.9. The third-order valence-electron chi connectivity index (χ3n) is 3.51. The summed E-state index contributed by atoms with van der Waals surface area (Å²) < 4.78 is 26.9. The number of hydrogen-bond donors (Lipinski definition) is 1. The lowest BCUT2D eigenvalue weighted by atomic mass is 10.1. The highest BCUT2D eigenvalue weighted by molar-refractivity contribution is 6.31. The number of amidine groups is 1. The second kappa shape index (κ2) is 6.52. The number of aliphatic hydroxyl groups excluding tert-OH is 1. The van der Waals surface area contributed by atoms with E-state index in [1.54, 1.807) is 18.2 Å². The number of halogens is 3. The van der Waals surface area contributed by atoms with Crippen LogP contribution in [0.3, 0.4) is 0 Å². The van der Waals surface area contributed by atoms with E-state index in [9.17, 15) is 13.9 Å². The molecule has 0 aliphatic carbocycles. The number of nitrogens with zero attached hydrogens (tertiary/aromatic N) is 2. The molecule has 2 aromatic carbocycles. The maximum Gasteiger partial charge on any atom is 0.307 e. The van der Waals surface area contributed by atoms with E-state index in [1.165, 1.54) is 29.2 Å². The van der Waals surface area contributed by atoms with Crippen molar-refractivity contribution in [3.8, 4) is 0 Å². The van der Waals surface area contributed by atoms with Gasteiger partial charge < -0.3 is 9.94 Å². The molecule has 1 atom stereocenters. The van der Waals surface area contributed by atoms with E-state index in [0.29, 0.717) is 5.84 Å². The van der Waals surface area contributed by atoms with Crippen LogP contribution in [0.25, 0.3) is 0 Å². The van der Waals surface area contributed by atoms with Gasteiger partial charge in [0.25, 0.3) is 0 Å². The van der Waals surface area contributed by atoms with Gasteiger partial charge in [0.15, 0.2) is 5.84 Å². The minimum atomic E-state index is -1.28. The van der Waals surface area contributed by atoms with Gasteiger partial charge in [-0.1, -0.05) is 35.0 Å². The maximum absolute atomic E-state index is 13.9. The second-order valence-corrected chi connectivity index (χ2v) is 5.48. The van der Waals surface area contributed by atoms with Gasteiger partial charge in [-0.3, -0.25) is 4.90 Å². The molecule has 1 heterocycles. The summed E-state index contributed by atoms with van der Waals surface area (Å²) in [7, 11) is 0. The van der Waals surface area contributed by atoms with Crippen LogP contribution >= 0.6 is 11.6 Å². The fourth-order valence-electron chi connectivity index (χ4n) is 2.29. The molecule has 0 bridgehead atoms. The first-order valence-electron chi connectivity index (χ1n) is 6.89. The Hall–Kier alpha value is -2.18. The van der Waals surface area contributed by atoms with Gasteiger partial charge in [0, 0.05) is 17.0 Å². The lowest BCUT2D eigenvalue weighted by Gasteiger charge is -2.21. The van der Waals surface area contributed by atoms with Gasteiger partial charge in [-0.25, -0.2) is 8.78 Å². The van der Waals surface area contributed by atoms with E-state index in [0.717, 1.165) is 5.56 Å². The molecule has 7 heteroatoms. The lowest BCUT2D eigenvalue weighted by Crippen LogP contribution is -2.36. The van der Waals surface area contributed by atoms with Gasteiger partial charge in [0.1, 0.15) is 11.6 Å². The minimum absolute atomic E-state index is 0.0732. The average Bonchev–Trinajstić information content (AvgIpc) is 2.86. The summed E-state index contributed by atoms with van der Waals surface area (Å²) in [4.78, 5) is 6.31. The van der Waals surface area contributed by atoms with Gasteiger partial charge in [-0.15, -0.1) is 0 Å². The molecule has 1 unspecified atom stereocenters. The molecule has 0 fully saturated rings. The number of hydrogen-bond acceptors (Lipinski definition) is 4. The van der Waals surface area contributed by atoms with E-state index >= 15 is 0 Å². The van der Waals surface area contributed by atoms with E-state index in [1.807, 2.05) is 0 Å². The van der Waals surface area contributed by atoms with E-state index in [2.05, 4.69) is 5.16 Å². The average molecular weight is 339 g/mol. The van der Waals surface area contributed by atoms with Crippen LogP contribution < -0.4 is 0 Å². The van der Waals surface area contributed by atoms with Gasteiger partial charge in [0.05, 0.1) is 6.54 Å². The van der Waals surface area contributed by atoms with Crippen LogP contribution in [0.5, 0.6) is 0 Å². The van der Waals surface area contributed by atoms with Gasteiger partial charge >= 0.3 is 6.41 Å². The number of benzene rings is 2. The Morgan fingerprint density at radius 1 is 1.17 bits per heavy atom. The van der Waals surface area contributed by atoms with Crippen LogP contribution in [0, 0.1) is 11.6 Å². The molecular formula is C16H13ClF2N2O2. The molecule has 1 aliphatic rings. The lowest BCUT2D eigenvalue weighted by molar-refractivity contribution is -0.147. The molecule has 2 aromatic rings. The molecule has 3 rings (SSSR count). The minimum Gasteiger partial charge on any atom is -0.340 e. The Balaban J connectivity index is 1.79. The van der Waals surface area contributed by atoms with Crippen molar-refractivity contribution in [3.63, 3.8) is 0 Å². The van der Waals surface area contributed by atoms with Crippen molar-refractivity contribution in [2.24, 2.45) is 5.16 Å². The van der Waals surface area contributed by atoms with E-state index in [-0.39, 0.29) is 29.4 Å². The Morgan fingerprint density at radius 2 is 1.91 bits per heavy atom. The topological polar surface area (TPSA) is 45.1 Å². The van der Waals surface area contributed by atoms with Crippen molar-refractivity contribution in [1.82, 2.24) is 4.90 Å². The molecular weight excluding hydrogens is 326 g/mol. The zero-order valence-corrected chi connectivity index (χ0v) is 12.7. The Morgan fingerprint density at radius 3 is 2.61 bits per heavy atom. The van der Waals surface area contributed by atoms with Crippen molar-refractivity contribution in [2.45, 2.75) is 19.4 Å². The molecule has 0 amide bonds. The van der Waals surface area contributed by atoms with Crippen LogP contribution in [-0.2, 0) is 17.8 Å². The molecule has 23 heavy (non-hydrogen) atoms. The SMILES string of the molecule is OC1ON=C(Cc2c(F)cccc2Cl)N1Cc1ccc(F)cc1. The summed E-state index contributed by atoms with van der Waals surface area (Å²) in [5.41, 5.74) is 1.03. The Bertz CT molecular complexity index is 717. The monoisotopic (exact) mass is 338 g/mol. The number of aliphatic hydroxyl groups is 1. The smallest absolute Gasteiger partial charge is 0.307 e. The zero-order chi connectivity index (χ0) is 16.4. The predicted octanol–water partition coefficient (Wildman–Crippen LogP) is 3.28. The van der Waals surface area contributed by atoms with Crippen molar-refractivity contribution in [1.29, 1.82) is 0 Å². The van der Waals surface area contributed by atoms with Crippen LogP contribution in [0.15, 0.2) is 47.6 Å². The maximum atomic E-state index is 13.9. The Labute approximate surface area is 136 Å². The van der Waals surface area contributed by atoms with Crippen LogP contribution in [-0.4, -0.2) is 22.3 Å².